The van der Waals surface area contributed by atoms with Crippen LogP contribution in [0.4, 0.5) is 5.69 Å². The normalized spacial score (nSPS) is 19.9. The van der Waals surface area contributed by atoms with Gasteiger partial charge in [-0.2, -0.15) is 0 Å². The predicted octanol–water partition coefficient (Wildman–Crippen LogP) is 2.02. The van der Waals surface area contributed by atoms with E-state index in [0.29, 0.717) is 30.4 Å². The Morgan fingerprint density at radius 1 is 1.33 bits per heavy atom. The van der Waals surface area contributed by atoms with Crippen LogP contribution in [0.3, 0.4) is 0 Å². The molecular formula is C17H20N4O3. The highest BCUT2D eigenvalue weighted by molar-refractivity contribution is 5.94. The molecule has 0 saturated carbocycles. The first-order valence-electron chi connectivity index (χ1n) is 7.88. The first-order valence-corrected chi connectivity index (χ1v) is 7.88. The van der Waals surface area contributed by atoms with Gasteiger partial charge in [-0.1, -0.05) is 0 Å². The van der Waals surface area contributed by atoms with Gasteiger partial charge in [0.1, 0.15) is 11.9 Å². The maximum atomic E-state index is 12.2. The van der Waals surface area contributed by atoms with Crippen molar-refractivity contribution >= 4 is 11.6 Å². The number of carbonyl (C=O) groups excluding carboxylic acids is 1. The lowest BCUT2D eigenvalue weighted by molar-refractivity contribution is -0.126. The highest BCUT2D eigenvalue weighted by atomic mass is 16.5. The lowest BCUT2D eigenvalue weighted by Gasteiger charge is -2.13. The van der Waals surface area contributed by atoms with E-state index in [2.05, 4.69) is 15.3 Å². The van der Waals surface area contributed by atoms with Crippen molar-refractivity contribution in [2.24, 2.45) is 5.73 Å². The van der Waals surface area contributed by atoms with Crippen LogP contribution in [-0.2, 0) is 9.53 Å². The molecule has 3 rings (SSSR count). The number of nitrogens with one attached hydrogen (secondary N) is 1. The third-order valence-corrected chi connectivity index (χ3v) is 3.77. The zero-order chi connectivity index (χ0) is 16.9. The molecule has 1 fully saturated rings. The van der Waals surface area contributed by atoms with Gasteiger partial charge in [-0.05, 0) is 50.1 Å². The predicted molar refractivity (Wildman–Crippen MR) is 88.9 cm³/mol. The number of nitrogens with two attached hydrogens (primary N) is 1. The van der Waals surface area contributed by atoms with E-state index >= 15 is 0 Å². The minimum absolute atomic E-state index is 0.0224. The average molecular weight is 328 g/mol. The van der Waals surface area contributed by atoms with Crippen LogP contribution in [0.15, 0.2) is 36.5 Å². The number of anilines is 1. The summed E-state index contributed by atoms with van der Waals surface area (Å²) in [5, 5.41) is 2.84. The van der Waals surface area contributed by atoms with E-state index in [9.17, 15) is 4.79 Å². The highest BCUT2D eigenvalue weighted by Crippen LogP contribution is 2.23. The Morgan fingerprint density at radius 2 is 2.12 bits per heavy atom. The van der Waals surface area contributed by atoms with Crippen LogP contribution in [0.5, 0.6) is 11.8 Å². The van der Waals surface area contributed by atoms with E-state index in [1.807, 2.05) is 6.92 Å². The third kappa shape index (κ3) is 4.06. The lowest BCUT2D eigenvalue weighted by atomic mass is 10.2. The van der Waals surface area contributed by atoms with Crippen molar-refractivity contribution in [2.45, 2.75) is 32.0 Å². The van der Waals surface area contributed by atoms with Crippen molar-refractivity contribution in [1.82, 2.24) is 9.97 Å². The molecule has 0 unspecified atom stereocenters. The maximum Gasteiger partial charge on any atom is 0.322 e. The van der Waals surface area contributed by atoms with Gasteiger partial charge in [0, 0.05) is 24.1 Å². The Hall–Kier alpha value is -2.51. The first-order chi connectivity index (χ1) is 11.6. The standard InChI is InChI=1S/C17H20N4O3/c1-11-8-9-19-17(20-11)24-13-4-2-12(3-5-13)21-16(22)15-7-6-14(10-18)23-15/h2-5,8-9,14-15H,6-7,10,18H2,1H3,(H,21,22)/t14-,15+/m1/s1. The fourth-order valence-corrected chi connectivity index (χ4v) is 2.48. The van der Waals surface area contributed by atoms with E-state index in [1.54, 1.807) is 36.5 Å². The van der Waals surface area contributed by atoms with Crippen LogP contribution in [0.25, 0.3) is 0 Å². The first kappa shape index (κ1) is 16.4. The molecule has 1 aromatic carbocycles. The maximum absolute atomic E-state index is 12.2. The molecule has 2 aromatic rings. The number of benzene rings is 1. The minimum Gasteiger partial charge on any atom is -0.424 e. The van der Waals surface area contributed by atoms with Crippen LogP contribution in [-0.4, -0.2) is 34.6 Å². The molecule has 1 amide bonds. The van der Waals surface area contributed by atoms with Crippen LogP contribution < -0.4 is 15.8 Å². The highest BCUT2D eigenvalue weighted by Gasteiger charge is 2.29. The molecule has 2 atom stereocenters. The third-order valence-electron chi connectivity index (χ3n) is 3.77. The largest absolute Gasteiger partial charge is 0.424 e. The SMILES string of the molecule is Cc1ccnc(Oc2ccc(NC(=O)[C@@H]3CC[C@H](CN)O3)cc2)n1. The van der Waals surface area contributed by atoms with Crippen molar-refractivity contribution in [1.29, 1.82) is 0 Å². The fourth-order valence-electron chi connectivity index (χ4n) is 2.48. The summed E-state index contributed by atoms with van der Waals surface area (Å²) >= 11 is 0. The van der Waals surface area contributed by atoms with Crippen LogP contribution in [0.1, 0.15) is 18.5 Å². The van der Waals surface area contributed by atoms with E-state index in [-0.39, 0.29) is 12.0 Å². The molecule has 1 aliphatic rings. The summed E-state index contributed by atoms with van der Waals surface area (Å²) in [4.78, 5) is 20.4. The van der Waals surface area contributed by atoms with Crippen LogP contribution in [0, 0.1) is 6.92 Å². The molecule has 7 heteroatoms. The number of aromatic nitrogens is 2. The Kier molecular flexibility index (Phi) is 5.02. The van der Waals surface area contributed by atoms with Gasteiger partial charge < -0.3 is 20.5 Å². The van der Waals surface area contributed by atoms with Gasteiger partial charge in [0.05, 0.1) is 6.10 Å². The molecule has 0 radical (unpaired) electrons. The van der Waals surface area contributed by atoms with E-state index < -0.39 is 6.10 Å². The Bertz CT molecular complexity index is 705. The number of aryl methyl sites for hydroxylation is 1. The minimum atomic E-state index is -0.435. The summed E-state index contributed by atoms with van der Waals surface area (Å²) < 4.78 is 11.2. The summed E-state index contributed by atoms with van der Waals surface area (Å²) in [5.41, 5.74) is 7.07. The molecule has 1 aliphatic heterocycles. The second kappa shape index (κ2) is 7.37. The second-order valence-electron chi connectivity index (χ2n) is 5.66. The van der Waals surface area contributed by atoms with Gasteiger partial charge in [0.15, 0.2) is 0 Å². The molecule has 7 nitrogen and oxygen atoms in total. The number of rotatable bonds is 5. The summed E-state index contributed by atoms with van der Waals surface area (Å²) in [6.45, 7) is 2.31. The van der Waals surface area contributed by atoms with Gasteiger partial charge in [-0.25, -0.2) is 9.97 Å². The molecule has 126 valence electrons. The van der Waals surface area contributed by atoms with Gasteiger partial charge in [0.25, 0.3) is 5.91 Å². The summed E-state index contributed by atoms with van der Waals surface area (Å²) in [7, 11) is 0. The summed E-state index contributed by atoms with van der Waals surface area (Å²) in [6, 6.07) is 9.11. The number of ether oxygens (including phenoxy) is 2. The molecule has 3 N–H and O–H groups in total. The molecule has 2 heterocycles. The summed E-state index contributed by atoms with van der Waals surface area (Å²) in [5.74, 6) is 0.445. The summed E-state index contributed by atoms with van der Waals surface area (Å²) in [6.07, 6.45) is 2.70. The molecule has 24 heavy (non-hydrogen) atoms. The number of hydrogen-bond donors (Lipinski definition) is 2. The van der Waals surface area contributed by atoms with Crippen molar-refractivity contribution in [2.75, 3.05) is 11.9 Å². The number of nitrogens with zero attached hydrogens (tertiary/aromatic N) is 2. The van der Waals surface area contributed by atoms with Gasteiger partial charge in [-0.15, -0.1) is 0 Å². The molecule has 0 aliphatic carbocycles. The Balaban J connectivity index is 1.57. The fraction of sp³-hybridized carbons (Fsp3) is 0.353. The molecule has 1 saturated heterocycles. The van der Waals surface area contributed by atoms with Crippen LogP contribution in [0.2, 0.25) is 0 Å². The molecule has 0 bridgehead atoms. The lowest BCUT2D eigenvalue weighted by Crippen LogP contribution is -2.29. The average Bonchev–Trinajstić information content (AvgIpc) is 3.06. The zero-order valence-corrected chi connectivity index (χ0v) is 13.4. The van der Waals surface area contributed by atoms with E-state index in [0.717, 1.165) is 12.1 Å². The topological polar surface area (TPSA) is 99.4 Å². The number of amides is 1. The van der Waals surface area contributed by atoms with E-state index in [4.69, 9.17) is 15.2 Å². The quantitative estimate of drug-likeness (QED) is 0.871. The zero-order valence-electron chi connectivity index (χ0n) is 13.4. The van der Waals surface area contributed by atoms with Crippen molar-refractivity contribution in [3.8, 4) is 11.8 Å². The van der Waals surface area contributed by atoms with Gasteiger partial charge in [-0.3, -0.25) is 4.79 Å². The van der Waals surface area contributed by atoms with Crippen molar-refractivity contribution < 1.29 is 14.3 Å². The number of carbonyl (C=O) groups is 1. The Morgan fingerprint density at radius 3 is 2.79 bits per heavy atom. The molecule has 0 spiro atoms. The van der Waals surface area contributed by atoms with Gasteiger partial charge in [0.2, 0.25) is 0 Å². The number of hydrogen-bond acceptors (Lipinski definition) is 6. The van der Waals surface area contributed by atoms with E-state index in [1.165, 1.54) is 0 Å². The molecular weight excluding hydrogens is 308 g/mol. The van der Waals surface area contributed by atoms with Crippen molar-refractivity contribution in [3.05, 3.63) is 42.2 Å². The second-order valence-corrected chi connectivity index (χ2v) is 5.66. The van der Waals surface area contributed by atoms with Crippen LogP contribution >= 0.6 is 0 Å². The smallest absolute Gasteiger partial charge is 0.322 e. The Labute approximate surface area is 140 Å². The molecule has 1 aromatic heterocycles. The monoisotopic (exact) mass is 328 g/mol. The van der Waals surface area contributed by atoms with Gasteiger partial charge >= 0.3 is 6.01 Å². The van der Waals surface area contributed by atoms with Crippen molar-refractivity contribution in [3.63, 3.8) is 0 Å².